The van der Waals surface area contributed by atoms with Gasteiger partial charge in [-0.05, 0) is 12.1 Å². The highest BCUT2D eigenvalue weighted by Crippen LogP contribution is 2.29. The Morgan fingerprint density at radius 1 is 1.24 bits per heavy atom. The van der Waals surface area contributed by atoms with Crippen LogP contribution in [0.3, 0.4) is 0 Å². The van der Waals surface area contributed by atoms with Crippen molar-refractivity contribution in [3.05, 3.63) is 29.4 Å². The lowest BCUT2D eigenvalue weighted by Gasteiger charge is -2.08. The number of nitrogens with zero attached hydrogens (tertiary/aromatic N) is 3. The van der Waals surface area contributed by atoms with Gasteiger partial charge in [0.2, 0.25) is 5.95 Å². The molecule has 17 heavy (non-hydrogen) atoms. The molecule has 0 fully saturated rings. The minimum atomic E-state index is 0.650. The molecule has 0 aliphatic rings. The minimum absolute atomic E-state index is 0.650. The molecule has 0 saturated heterocycles. The quantitative estimate of drug-likeness (QED) is 0.663. The lowest BCUT2D eigenvalue weighted by molar-refractivity contribution is 0.665. The zero-order valence-corrected chi connectivity index (χ0v) is 10.2. The summed E-state index contributed by atoms with van der Waals surface area (Å²) < 4.78 is 5.64. The van der Waals surface area contributed by atoms with Crippen molar-refractivity contribution >= 4 is 39.6 Å². The number of furan rings is 1. The Morgan fingerprint density at radius 2 is 2.06 bits per heavy atom. The summed E-state index contributed by atoms with van der Waals surface area (Å²) in [5, 5.41) is 1.60. The van der Waals surface area contributed by atoms with E-state index in [2.05, 4.69) is 9.97 Å². The predicted molar refractivity (Wildman–Crippen MR) is 68.6 cm³/mol. The zero-order valence-electron chi connectivity index (χ0n) is 9.44. The average molecular weight is 248 g/mol. The number of rotatable bonds is 1. The van der Waals surface area contributed by atoms with Crippen LogP contribution in [-0.2, 0) is 0 Å². The molecule has 0 saturated carbocycles. The SMILES string of the molecule is CN(C)c1ncc2oc3cc(Cl)ccc3c2n1. The van der Waals surface area contributed by atoms with E-state index in [9.17, 15) is 0 Å². The van der Waals surface area contributed by atoms with Crippen molar-refractivity contribution in [2.45, 2.75) is 0 Å². The van der Waals surface area contributed by atoms with E-state index in [-0.39, 0.29) is 0 Å². The fourth-order valence-electron chi connectivity index (χ4n) is 1.74. The molecule has 0 spiro atoms. The van der Waals surface area contributed by atoms with Crippen LogP contribution in [0, 0.1) is 0 Å². The predicted octanol–water partition coefficient (Wildman–Crippen LogP) is 3.10. The van der Waals surface area contributed by atoms with Crippen molar-refractivity contribution in [2.24, 2.45) is 0 Å². The van der Waals surface area contributed by atoms with Gasteiger partial charge in [0, 0.05) is 30.6 Å². The molecule has 3 rings (SSSR count). The molecule has 4 nitrogen and oxygen atoms in total. The summed E-state index contributed by atoms with van der Waals surface area (Å²) in [6, 6.07) is 5.53. The number of hydrogen-bond acceptors (Lipinski definition) is 4. The standard InChI is InChI=1S/C12H10ClN3O/c1-16(2)12-14-6-10-11(15-12)8-4-3-7(13)5-9(8)17-10/h3-6H,1-2H3. The van der Waals surface area contributed by atoms with Gasteiger partial charge in [0.05, 0.1) is 6.20 Å². The molecule has 0 atom stereocenters. The summed E-state index contributed by atoms with van der Waals surface area (Å²) >= 11 is 5.92. The Morgan fingerprint density at radius 3 is 2.82 bits per heavy atom. The highest BCUT2D eigenvalue weighted by atomic mass is 35.5. The average Bonchev–Trinajstić information content (AvgIpc) is 2.64. The second-order valence-corrected chi connectivity index (χ2v) is 4.46. The number of hydrogen-bond donors (Lipinski definition) is 0. The topological polar surface area (TPSA) is 42.2 Å². The Balaban J connectivity index is 2.37. The van der Waals surface area contributed by atoms with Crippen LogP contribution >= 0.6 is 11.6 Å². The van der Waals surface area contributed by atoms with Gasteiger partial charge in [-0.1, -0.05) is 11.6 Å². The van der Waals surface area contributed by atoms with E-state index >= 15 is 0 Å². The summed E-state index contributed by atoms with van der Waals surface area (Å²) in [6.07, 6.45) is 1.69. The van der Waals surface area contributed by atoms with Gasteiger partial charge in [-0.2, -0.15) is 0 Å². The van der Waals surface area contributed by atoms with Gasteiger partial charge in [-0.25, -0.2) is 9.97 Å². The van der Waals surface area contributed by atoms with Gasteiger partial charge in [0.15, 0.2) is 5.58 Å². The molecular weight excluding hydrogens is 238 g/mol. The van der Waals surface area contributed by atoms with Gasteiger partial charge < -0.3 is 9.32 Å². The number of aromatic nitrogens is 2. The molecule has 0 aliphatic carbocycles. The smallest absolute Gasteiger partial charge is 0.225 e. The van der Waals surface area contributed by atoms with Crippen molar-refractivity contribution in [2.75, 3.05) is 19.0 Å². The van der Waals surface area contributed by atoms with Crippen LogP contribution in [0.4, 0.5) is 5.95 Å². The van der Waals surface area contributed by atoms with E-state index in [1.807, 2.05) is 31.1 Å². The molecule has 2 heterocycles. The molecule has 86 valence electrons. The van der Waals surface area contributed by atoms with Crippen molar-refractivity contribution in [1.82, 2.24) is 9.97 Å². The number of fused-ring (bicyclic) bond motifs is 3. The van der Waals surface area contributed by atoms with Gasteiger partial charge in [-0.15, -0.1) is 0 Å². The van der Waals surface area contributed by atoms with Crippen LogP contribution < -0.4 is 4.90 Å². The fourth-order valence-corrected chi connectivity index (χ4v) is 1.90. The summed E-state index contributed by atoms with van der Waals surface area (Å²) in [5.74, 6) is 0.662. The Bertz CT molecular complexity index is 705. The van der Waals surface area contributed by atoms with Crippen LogP contribution in [0.1, 0.15) is 0 Å². The van der Waals surface area contributed by atoms with E-state index in [4.69, 9.17) is 16.0 Å². The summed E-state index contributed by atoms with van der Waals surface area (Å²) in [7, 11) is 3.81. The molecule has 1 aromatic carbocycles. The third kappa shape index (κ3) is 1.61. The Hall–Kier alpha value is -1.81. The number of halogens is 1. The van der Waals surface area contributed by atoms with Crippen molar-refractivity contribution < 1.29 is 4.42 Å². The van der Waals surface area contributed by atoms with Crippen molar-refractivity contribution in [1.29, 1.82) is 0 Å². The summed E-state index contributed by atoms with van der Waals surface area (Å²) in [6.45, 7) is 0. The molecule has 5 heteroatoms. The normalized spacial score (nSPS) is 11.2. The second-order valence-electron chi connectivity index (χ2n) is 4.02. The van der Waals surface area contributed by atoms with Crippen molar-refractivity contribution in [3.8, 4) is 0 Å². The maximum absolute atomic E-state index is 5.92. The zero-order chi connectivity index (χ0) is 12.0. The second kappa shape index (κ2) is 3.60. The molecular formula is C12H10ClN3O. The third-order valence-corrected chi connectivity index (χ3v) is 2.80. The highest BCUT2D eigenvalue weighted by molar-refractivity contribution is 6.31. The van der Waals surface area contributed by atoms with E-state index in [1.165, 1.54) is 0 Å². The maximum Gasteiger partial charge on any atom is 0.225 e. The largest absolute Gasteiger partial charge is 0.453 e. The van der Waals surface area contributed by atoms with Gasteiger partial charge in [0.1, 0.15) is 11.1 Å². The first-order valence-corrected chi connectivity index (χ1v) is 5.55. The van der Waals surface area contributed by atoms with Crippen molar-refractivity contribution in [3.63, 3.8) is 0 Å². The van der Waals surface area contributed by atoms with Crippen LogP contribution in [0.25, 0.3) is 22.1 Å². The monoisotopic (exact) mass is 247 g/mol. The minimum Gasteiger partial charge on any atom is -0.453 e. The first-order valence-electron chi connectivity index (χ1n) is 5.17. The number of benzene rings is 1. The Kier molecular flexibility index (Phi) is 2.19. The summed E-state index contributed by atoms with van der Waals surface area (Å²) in [5.41, 5.74) is 2.22. The van der Waals surface area contributed by atoms with E-state index in [1.54, 1.807) is 12.3 Å². The third-order valence-electron chi connectivity index (χ3n) is 2.56. The van der Waals surface area contributed by atoms with E-state index < -0.39 is 0 Å². The number of anilines is 1. The lowest BCUT2D eigenvalue weighted by atomic mass is 10.2. The highest BCUT2D eigenvalue weighted by Gasteiger charge is 2.10. The van der Waals surface area contributed by atoms with E-state index in [0.29, 0.717) is 16.6 Å². The summed E-state index contributed by atoms with van der Waals surface area (Å²) in [4.78, 5) is 10.5. The first kappa shape index (κ1) is 10.4. The molecule has 0 amide bonds. The molecule has 0 bridgehead atoms. The molecule has 0 radical (unpaired) electrons. The molecule has 0 unspecified atom stereocenters. The van der Waals surface area contributed by atoms with Crippen LogP contribution in [-0.4, -0.2) is 24.1 Å². The molecule has 3 aromatic rings. The lowest BCUT2D eigenvalue weighted by Crippen LogP contribution is -2.12. The van der Waals surface area contributed by atoms with Crippen LogP contribution in [0.15, 0.2) is 28.8 Å². The van der Waals surface area contributed by atoms with Gasteiger partial charge >= 0.3 is 0 Å². The molecule has 0 N–H and O–H groups in total. The molecule has 0 aliphatic heterocycles. The molecule has 2 aromatic heterocycles. The first-order chi connectivity index (χ1) is 8.15. The van der Waals surface area contributed by atoms with Gasteiger partial charge in [-0.3, -0.25) is 0 Å². The van der Waals surface area contributed by atoms with Gasteiger partial charge in [0.25, 0.3) is 0 Å². The fraction of sp³-hybridized carbons (Fsp3) is 0.167. The van der Waals surface area contributed by atoms with E-state index in [0.717, 1.165) is 16.5 Å². The maximum atomic E-state index is 5.92. The Labute approximate surface area is 103 Å². The van der Waals surface area contributed by atoms with Crippen LogP contribution in [0.2, 0.25) is 5.02 Å². The van der Waals surface area contributed by atoms with Crippen LogP contribution in [0.5, 0.6) is 0 Å².